The molecule has 0 radical (unpaired) electrons. The molecular weight excluding hydrogens is 418 g/mol. The smallest absolute Gasteiger partial charge is 0.309 e. The Labute approximate surface area is 189 Å². The van der Waals surface area contributed by atoms with Crippen molar-refractivity contribution < 1.29 is 38.1 Å². The highest BCUT2D eigenvalue weighted by atomic mass is 16.7. The SMILES string of the molecule is CCCO[C@@H](C)[C@H](OC(=O)[C@H](C)CC(=O)c1nccc(OC)c1OCOC(C)=O)C(C)C. The van der Waals surface area contributed by atoms with E-state index in [0.29, 0.717) is 6.61 Å². The normalized spacial score (nSPS) is 13.8. The maximum atomic E-state index is 12.9. The van der Waals surface area contributed by atoms with Gasteiger partial charge in [0, 0.05) is 32.2 Å². The van der Waals surface area contributed by atoms with Crippen molar-refractivity contribution in [2.24, 2.45) is 11.8 Å². The van der Waals surface area contributed by atoms with Crippen LogP contribution in [0.3, 0.4) is 0 Å². The summed E-state index contributed by atoms with van der Waals surface area (Å²) in [5.41, 5.74) is -0.0174. The Morgan fingerprint density at radius 3 is 2.38 bits per heavy atom. The first-order valence-corrected chi connectivity index (χ1v) is 10.8. The average molecular weight is 454 g/mol. The number of methoxy groups -OCH3 is 1. The highest BCUT2D eigenvalue weighted by molar-refractivity contribution is 5.99. The Bertz CT molecular complexity index is 764. The molecule has 0 N–H and O–H groups in total. The number of Topliss-reactive ketones (excluding diaryl/α,β-unsaturated/α-hetero) is 1. The van der Waals surface area contributed by atoms with E-state index in [2.05, 4.69) is 4.98 Å². The molecule has 9 heteroatoms. The van der Waals surface area contributed by atoms with E-state index in [9.17, 15) is 14.4 Å². The highest BCUT2D eigenvalue weighted by Gasteiger charge is 2.30. The summed E-state index contributed by atoms with van der Waals surface area (Å²) in [6.07, 6.45) is 1.43. The fraction of sp³-hybridized carbons (Fsp3) is 0.652. The minimum Gasteiger partial charge on any atom is -0.493 e. The number of aromatic nitrogens is 1. The quantitative estimate of drug-likeness (QED) is 0.237. The summed E-state index contributed by atoms with van der Waals surface area (Å²) >= 11 is 0. The fourth-order valence-corrected chi connectivity index (χ4v) is 2.98. The van der Waals surface area contributed by atoms with E-state index >= 15 is 0 Å². The zero-order valence-electron chi connectivity index (χ0n) is 20.0. The summed E-state index contributed by atoms with van der Waals surface area (Å²) in [6, 6.07) is 1.52. The van der Waals surface area contributed by atoms with Gasteiger partial charge in [0.2, 0.25) is 6.79 Å². The lowest BCUT2D eigenvalue weighted by Gasteiger charge is -2.28. The molecule has 0 unspecified atom stereocenters. The average Bonchev–Trinajstić information content (AvgIpc) is 2.74. The van der Waals surface area contributed by atoms with Crippen LogP contribution in [0, 0.1) is 11.8 Å². The molecule has 0 saturated heterocycles. The second kappa shape index (κ2) is 13.7. The van der Waals surface area contributed by atoms with Crippen LogP contribution in [0.1, 0.15) is 64.9 Å². The second-order valence-electron chi connectivity index (χ2n) is 7.84. The number of rotatable bonds is 14. The molecule has 0 amide bonds. The van der Waals surface area contributed by atoms with E-state index in [1.165, 1.54) is 26.3 Å². The van der Waals surface area contributed by atoms with Gasteiger partial charge in [0.25, 0.3) is 0 Å². The first-order valence-electron chi connectivity index (χ1n) is 10.8. The maximum absolute atomic E-state index is 12.9. The van der Waals surface area contributed by atoms with Gasteiger partial charge in [0.05, 0.1) is 19.1 Å². The van der Waals surface area contributed by atoms with Crippen LogP contribution in [0.5, 0.6) is 11.5 Å². The summed E-state index contributed by atoms with van der Waals surface area (Å²) in [5, 5.41) is 0. The molecule has 32 heavy (non-hydrogen) atoms. The second-order valence-corrected chi connectivity index (χ2v) is 7.84. The van der Waals surface area contributed by atoms with Crippen molar-refractivity contribution in [2.45, 2.75) is 66.6 Å². The Balaban J connectivity index is 2.89. The van der Waals surface area contributed by atoms with Gasteiger partial charge in [0.15, 0.2) is 23.0 Å². The van der Waals surface area contributed by atoms with Gasteiger partial charge in [-0.25, -0.2) is 4.98 Å². The molecule has 0 aliphatic carbocycles. The largest absolute Gasteiger partial charge is 0.493 e. The summed E-state index contributed by atoms with van der Waals surface area (Å²) in [5.74, 6) is -1.81. The Hall–Kier alpha value is -2.68. The maximum Gasteiger partial charge on any atom is 0.309 e. The molecule has 0 bridgehead atoms. The molecule has 1 heterocycles. The molecular formula is C23H35NO8. The summed E-state index contributed by atoms with van der Waals surface area (Å²) in [6.45, 7) is 10.8. The van der Waals surface area contributed by atoms with Gasteiger partial charge in [0.1, 0.15) is 6.10 Å². The van der Waals surface area contributed by atoms with Gasteiger partial charge in [-0.3, -0.25) is 14.4 Å². The minimum absolute atomic E-state index is 0.0174. The van der Waals surface area contributed by atoms with Gasteiger partial charge in [-0.15, -0.1) is 0 Å². The lowest BCUT2D eigenvalue weighted by molar-refractivity contribution is -0.165. The Morgan fingerprint density at radius 1 is 1.12 bits per heavy atom. The topological polar surface area (TPSA) is 110 Å². The van der Waals surface area contributed by atoms with E-state index in [0.717, 1.165) is 6.42 Å². The van der Waals surface area contributed by atoms with Gasteiger partial charge in [-0.05, 0) is 19.3 Å². The molecule has 3 atom stereocenters. The van der Waals surface area contributed by atoms with Gasteiger partial charge in [-0.1, -0.05) is 27.7 Å². The number of hydrogen-bond donors (Lipinski definition) is 0. The van der Waals surface area contributed by atoms with E-state index < -0.39 is 36.5 Å². The van der Waals surface area contributed by atoms with Crippen molar-refractivity contribution in [1.82, 2.24) is 4.98 Å². The van der Waals surface area contributed by atoms with Crippen LogP contribution in [0.25, 0.3) is 0 Å². The molecule has 180 valence electrons. The zero-order chi connectivity index (χ0) is 24.3. The fourth-order valence-electron chi connectivity index (χ4n) is 2.98. The molecule has 0 aromatic carbocycles. The van der Waals surface area contributed by atoms with Crippen LogP contribution >= 0.6 is 0 Å². The number of esters is 2. The van der Waals surface area contributed by atoms with Gasteiger partial charge in [-0.2, -0.15) is 0 Å². The van der Waals surface area contributed by atoms with Gasteiger partial charge >= 0.3 is 11.9 Å². The molecule has 0 aliphatic rings. The number of ketones is 1. The lowest BCUT2D eigenvalue weighted by Crippen LogP contribution is -2.37. The molecule has 1 aromatic heterocycles. The van der Waals surface area contributed by atoms with Crippen molar-refractivity contribution in [3.63, 3.8) is 0 Å². The third-order valence-electron chi connectivity index (χ3n) is 4.67. The van der Waals surface area contributed by atoms with Crippen LogP contribution in [0.2, 0.25) is 0 Å². The molecule has 1 rings (SSSR count). The Kier molecular flexibility index (Phi) is 11.7. The van der Waals surface area contributed by atoms with Crippen molar-refractivity contribution in [3.05, 3.63) is 18.0 Å². The van der Waals surface area contributed by atoms with Crippen molar-refractivity contribution >= 4 is 17.7 Å². The summed E-state index contributed by atoms with van der Waals surface area (Å²) in [4.78, 5) is 40.7. The van der Waals surface area contributed by atoms with Crippen LogP contribution in [0.4, 0.5) is 0 Å². The van der Waals surface area contributed by atoms with Crippen LogP contribution in [0.15, 0.2) is 12.3 Å². The number of carbonyl (C=O) groups is 3. The van der Waals surface area contributed by atoms with E-state index in [4.69, 9.17) is 23.7 Å². The van der Waals surface area contributed by atoms with Crippen molar-refractivity contribution in [1.29, 1.82) is 0 Å². The minimum atomic E-state index is -0.712. The standard InChI is InChI=1S/C23H35NO8/c1-8-11-29-16(5)21(14(2)3)32-23(27)15(4)12-18(26)20-22(31-13-30-17(6)25)19(28-7)9-10-24-20/h9-10,14-16,21H,8,11-13H2,1-7H3/t15-,16+,21-/m1/s1. The molecule has 0 saturated carbocycles. The first kappa shape index (κ1) is 27.4. The van der Waals surface area contributed by atoms with Crippen molar-refractivity contribution in [2.75, 3.05) is 20.5 Å². The molecule has 9 nitrogen and oxygen atoms in total. The number of ether oxygens (including phenoxy) is 5. The number of carbonyl (C=O) groups excluding carboxylic acids is 3. The van der Waals surface area contributed by atoms with E-state index in [1.807, 2.05) is 27.7 Å². The summed E-state index contributed by atoms with van der Waals surface area (Å²) < 4.78 is 26.8. The van der Waals surface area contributed by atoms with Crippen LogP contribution < -0.4 is 9.47 Å². The summed E-state index contributed by atoms with van der Waals surface area (Å²) in [7, 11) is 1.41. The Morgan fingerprint density at radius 2 is 1.81 bits per heavy atom. The predicted octanol–water partition coefficient (Wildman–Crippen LogP) is 3.58. The van der Waals surface area contributed by atoms with E-state index in [-0.39, 0.29) is 35.6 Å². The number of nitrogens with zero attached hydrogens (tertiary/aromatic N) is 1. The van der Waals surface area contributed by atoms with E-state index in [1.54, 1.807) is 6.92 Å². The third-order valence-corrected chi connectivity index (χ3v) is 4.67. The first-order chi connectivity index (χ1) is 15.1. The third kappa shape index (κ3) is 8.45. The molecule has 0 aliphatic heterocycles. The van der Waals surface area contributed by atoms with Crippen LogP contribution in [-0.4, -0.2) is 55.4 Å². The molecule has 1 aromatic rings. The van der Waals surface area contributed by atoms with Crippen molar-refractivity contribution in [3.8, 4) is 11.5 Å². The zero-order valence-corrected chi connectivity index (χ0v) is 20.0. The number of pyridine rings is 1. The molecule has 0 spiro atoms. The monoisotopic (exact) mass is 453 g/mol. The highest BCUT2D eigenvalue weighted by Crippen LogP contribution is 2.31. The van der Waals surface area contributed by atoms with Gasteiger partial charge < -0.3 is 23.7 Å². The van der Waals surface area contributed by atoms with Crippen LogP contribution in [-0.2, 0) is 23.8 Å². The predicted molar refractivity (Wildman–Crippen MR) is 117 cm³/mol. The number of hydrogen-bond acceptors (Lipinski definition) is 9. The lowest BCUT2D eigenvalue weighted by atomic mass is 10.00. The molecule has 0 fully saturated rings.